The second kappa shape index (κ2) is 11.8. The molecule has 1 N–H and O–H groups in total. The predicted molar refractivity (Wildman–Crippen MR) is 158 cm³/mol. The summed E-state index contributed by atoms with van der Waals surface area (Å²) in [5.74, 6) is -0.693. The van der Waals surface area contributed by atoms with Gasteiger partial charge in [0, 0.05) is 34.9 Å². The topological polar surface area (TPSA) is 69.7 Å². The van der Waals surface area contributed by atoms with Crippen molar-refractivity contribution < 1.29 is 14.4 Å². The molecule has 0 radical (unpaired) electrons. The van der Waals surface area contributed by atoms with Crippen molar-refractivity contribution >= 4 is 50.1 Å². The van der Waals surface area contributed by atoms with Crippen LogP contribution in [-0.2, 0) is 22.6 Å². The van der Waals surface area contributed by atoms with E-state index in [1.807, 2.05) is 91.9 Å². The fraction of sp³-hybridized carbons (Fsp3) is 0.219. The zero-order valence-electron chi connectivity index (χ0n) is 21.8. The Morgan fingerprint density at radius 2 is 1.62 bits per heavy atom. The van der Waals surface area contributed by atoms with Gasteiger partial charge in [0.05, 0.1) is 5.69 Å². The highest BCUT2D eigenvalue weighted by Gasteiger charge is 2.35. The Morgan fingerprint density at radius 1 is 0.897 bits per heavy atom. The number of carbonyl (C=O) groups excluding carboxylic acids is 3. The maximum Gasteiger partial charge on any atom is 0.259 e. The molecule has 0 fully saturated rings. The normalized spacial score (nSPS) is 13.0. The van der Waals surface area contributed by atoms with E-state index in [2.05, 4.69) is 21.2 Å². The molecule has 0 saturated heterocycles. The van der Waals surface area contributed by atoms with E-state index in [4.69, 9.17) is 0 Å². The summed E-state index contributed by atoms with van der Waals surface area (Å²) in [5, 5.41) is 4.81. The third kappa shape index (κ3) is 5.73. The first-order chi connectivity index (χ1) is 19.0. The summed E-state index contributed by atoms with van der Waals surface area (Å²) in [6, 6.07) is 28.0. The number of hydrogen-bond donors (Lipinski definition) is 1. The zero-order valence-corrected chi connectivity index (χ0v) is 23.4. The first kappa shape index (κ1) is 26.6. The first-order valence-corrected chi connectivity index (χ1v) is 13.9. The number of hydrogen-bond acceptors (Lipinski definition) is 3. The van der Waals surface area contributed by atoms with Crippen LogP contribution in [0, 0.1) is 0 Å². The van der Waals surface area contributed by atoms with Gasteiger partial charge in [-0.15, -0.1) is 0 Å². The fourth-order valence-corrected chi connectivity index (χ4v) is 5.33. The molecule has 1 aliphatic heterocycles. The van der Waals surface area contributed by atoms with E-state index in [0.717, 1.165) is 38.5 Å². The van der Waals surface area contributed by atoms with Gasteiger partial charge in [0.25, 0.3) is 5.91 Å². The Kier molecular flexibility index (Phi) is 8.07. The van der Waals surface area contributed by atoms with E-state index >= 15 is 0 Å². The molecule has 4 aromatic rings. The molecule has 0 spiro atoms. The van der Waals surface area contributed by atoms with Gasteiger partial charge in [-0.1, -0.05) is 89.6 Å². The van der Waals surface area contributed by atoms with Crippen LogP contribution in [0.3, 0.4) is 0 Å². The molecule has 0 aromatic heterocycles. The summed E-state index contributed by atoms with van der Waals surface area (Å²) >= 11 is 3.47. The van der Waals surface area contributed by atoms with Crippen molar-refractivity contribution in [1.29, 1.82) is 0 Å². The minimum absolute atomic E-state index is 0.157. The molecule has 0 saturated carbocycles. The van der Waals surface area contributed by atoms with Crippen molar-refractivity contribution in [3.8, 4) is 0 Å². The molecular weight excluding hydrogens is 554 g/mol. The van der Waals surface area contributed by atoms with Gasteiger partial charge in [-0.05, 0) is 47.2 Å². The summed E-state index contributed by atoms with van der Waals surface area (Å²) in [7, 11) is 0. The minimum atomic E-state index is -0.744. The SMILES string of the molecule is CCCNC(=O)[C@H](Cc1ccccc1)N(Cc1ccc(Br)cc1)C(=O)CN1C(=O)c2cccc3cccc1c23. The standard InChI is InChI=1S/C32H30BrN3O3/c1-2-18-34-31(38)28(19-22-8-4-3-5-9-22)35(20-23-14-16-25(33)17-15-23)29(37)21-36-27-13-7-11-24-10-6-12-26(30(24)27)32(36)39/h3-17,28H,2,18-21H2,1H3,(H,34,38)/t28-/m0/s1. The molecule has 1 aliphatic rings. The van der Waals surface area contributed by atoms with Gasteiger partial charge in [-0.25, -0.2) is 0 Å². The van der Waals surface area contributed by atoms with Gasteiger partial charge in [0.1, 0.15) is 12.6 Å². The summed E-state index contributed by atoms with van der Waals surface area (Å²) in [4.78, 5) is 44.3. The van der Waals surface area contributed by atoms with E-state index in [9.17, 15) is 14.4 Å². The fourth-order valence-electron chi connectivity index (χ4n) is 5.07. The Labute approximate surface area is 236 Å². The number of halogens is 1. The van der Waals surface area contributed by atoms with Crippen LogP contribution in [0.5, 0.6) is 0 Å². The summed E-state index contributed by atoms with van der Waals surface area (Å²) in [6.45, 7) is 2.60. The molecule has 1 heterocycles. The Bertz CT molecular complexity index is 1500. The first-order valence-electron chi connectivity index (χ1n) is 13.2. The van der Waals surface area contributed by atoms with Crippen molar-refractivity contribution in [2.75, 3.05) is 18.0 Å². The molecule has 3 amide bonds. The summed E-state index contributed by atoms with van der Waals surface area (Å²) in [6.07, 6.45) is 1.15. The molecule has 5 rings (SSSR count). The third-order valence-corrected chi connectivity index (χ3v) is 7.56. The molecule has 4 aromatic carbocycles. The molecule has 7 heteroatoms. The van der Waals surface area contributed by atoms with Gasteiger partial charge in [0.2, 0.25) is 11.8 Å². The average molecular weight is 585 g/mol. The van der Waals surface area contributed by atoms with Crippen LogP contribution >= 0.6 is 15.9 Å². The highest BCUT2D eigenvalue weighted by molar-refractivity contribution is 9.10. The third-order valence-electron chi connectivity index (χ3n) is 7.03. The maximum atomic E-state index is 14.1. The van der Waals surface area contributed by atoms with Crippen molar-refractivity contribution in [2.45, 2.75) is 32.4 Å². The lowest BCUT2D eigenvalue weighted by molar-refractivity contribution is -0.140. The van der Waals surface area contributed by atoms with Gasteiger partial charge in [-0.3, -0.25) is 19.3 Å². The van der Waals surface area contributed by atoms with Crippen LogP contribution in [0.2, 0.25) is 0 Å². The van der Waals surface area contributed by atoms with Crippen molar-refractivity contribution in [3.05, 3.63) is 112 Å². The molecule has 0 bridgehead atoms. The van der Waals surface area contributed by atoms with Crippen LogP contribution in [-0.4, -0.2) is 41.8 Å². The van der Waals surface area contributed by atoms with Crippen LogP contribution in [0.15, 0.2) is 95.5 Å². The molecule has 198 valence electrons. The second-order valence-corrected chi connectivity index (χ2v) is 10.6. The number of carbonyl (C=O) groups is 3. The molecule has 6 nitrogen and oxygen atoms in total. The number of anilines is 1. The average Bonchev–Trinajstić information content (AvgIpc) is 3.23. The lowest BCUT2D eigenvalue weighted by Crippen LogP contribution is -2.53. The lowest BCUT2D eigenvalue weighted by atomic mass is 10.0. The van der Waals surface area contributed by atoms with Gasteiger partial charge < -0.3 is 10.2 Å². The lowest BCUT2D eigenvalue weighted by Gasteiger charge is -2.33. The maximum absolute atomic E-state index is 14.1. The number of amides is 3. The van der Waals surface area contributed by atoms with Gasteiger partial charge >= 0.3 is 0 Å². The Morgan fingerprint density at radius 3 is 2.33 bits per heavy atom. The largest absolute Gasteiger partial charge is 0.354 e. The number of benzene rings is 4. The molecule has 39 heavy (non-hydrogen) atoms. The van der Waals surface area contributed by atoms with Crippen molar-refractivity contribution in [3.63, 3.8) is 0 Å². The van der Waals surface area contributed by atoms with E-state index in [1.165, 1.54) is 4.90 Å². The minimum Gasteiger partial charge on any atom is -0.354 e. The highest BCUT2D eigenvalue weighted by Crippen LogP contribution is 2.37. The summed E-state index contributed by atoms with van der Waals surface area (Å²) in [5.41, 5.74) is 3.17. The Hall–Kier alpha value is -3.97. The van der Waals surface area contributed by atoms with Crippen LogP contribution in [0.25, 0.3) is 10.8 Å². The number of rotatable bonds is 10. The molecular formula is C32H30BrN3O3. The Balaban J connectivity index is 1.50. The second-order valence-electron chi connectivity index (χ2n) is 9.72. The van der Waals surface area contributed by atoms with Crippen LogP contribution in [0.1, 0.15) is 34.8 Å². The van der Waals surface area contributed by atoms with E-state index in [0.29, 0.717) is 18.5 Å². The quantitative estimate of drug-likeness (QED) is 0.259. The van der Waals surface area contributed by atoms with E-state index < -0.39 is 6.04 Å². The summed E-state index contributed by atoms with van der Waals surface area (Å²) < 4.78 is 0.930. The number of nitrogens with one attached hydrogen (secondary N) is 1. The highest BCUT2D eigenvalue weighted by atomic mass is 79.9. The van der Waals surface area contributed by atoms with E-state index in [-0.39, 0.29) is 30.8 Å². The zero-order chi connectivity index (χ0) is 27.4. The van der Waals surface area contributed by atoms with Crippen molar-refractivity contribution in [1.82, 2.24) is 10.2 Å². The molecule has 0 unspecified atom stereocenters. The molecule has 1 atom stereocenters. The smallest absolute Gasteiger partial charge is 0.259 e. The van der Waals surface area contributed by atoms with E-state index in [1.54, 1.807) is 11.0 Å². The molecule has 0 aliphatic carbocycles. The van der Waals surface area contributed by atoms with Gasteiger partial charge in [-0.2, -0.15) is 0 Å². The van der Waals surface area contributed by atoms with Crippen LogP contribution < -0.4 is 10.2 Å². The monoisotopic (exact) mass is 583 g/mol. The van der Waals surface area contributed by atoms with Crippen molar-refractivity contribution in [2.24, 2.45) is 0 Å². The van der Waals surface area contributed by atoms with Gasteiger partial charge in [0.15, 0.2) is 0 Å². The number of nitrogens with zero attached hydrogens (tertiary/aromatic N) is 2. The predicted octanol–water partition coefficient (Wildman–Crippen LogP) is 5.73. The van der Waals surface area contributed by atoms with Crippen LogP contribution in [0.4, 0.5) is 5.69 Å².